The molecule has 0 radical (unpaired) electrons. The van der Waals surface area contributed by atoms with Crippen LogP contribution in [0.15, 0.2) is 59.5 Å². The molecular weight excluding hydrogens is 307 g/mol. The smallest absolute Gasteiger partial charge is 0.444 e. The van der Waals surface area contributed by atoms with Gasteiger partial charge in [-0.15, -0.1) is 0 Å². The minimum atomic E-state index is -3.31. The number of hydrogen-bond acceptors (Lipinski definition) is 5. The van der Waals surface area contributed by atoms with Crippen molar-refractivity contribution in [1.29, 1.82) is 0 Å². The molecule has 2 aromatic rings. The van der Waals surface area contributed by atoms with Gasteiger partial charge < -0.3 is 9.26 Å². The van der Waals surface area contributed by atoms with Crippen LogP contribution in [0.25, 0.3) is 0 Å². The first-order chi connectivity index (χ1) is 10.1. The molecule has 1 atom stereocenters. The van der Waals surface area contributed by atoms with Gasteiger partial charge in [0.05, 0.1) is 13.7 Å². The van der Waals surface area contributed by atoms with Crippen LogP contribution in [-0.2, 0) is 9.09 Å². The van der Waals surface area contributed by atoms with Crippen LogP contribution in [0.5, 0.6) is 11.5 Å². The molecule has 1 unspecified atom stereocenters. The molecule has 0 saturated heterocycles. The maximum atomic E-state index is 12.8. The normalized spacial score (nSPS) is 13.4. The molecule has 0 aliphatic rings. The first kappa shape index (κ1) is 16.0. The Hall–Kier alpha value is -1.42. The van der Waals surface area contributed by atoms with E-state index in [1.54, 1.807) is 38.3 Å². The third-order valence-corrected chi connectivity index (χ3v) is 6.08. The highest BCUT2D eigenvalue weighted by Crippen LogP contribution is 2.62. The van der Waals surface area contributed by atoms with Crippen molar-refractivity contribution in [3.8, 4) is 11.5 Å². The first-order valence-electron chi connectivity index (χ1n) is 6.48. The molecule has 0 N–H and O–H groups in total. The van der Waals surface area contributed by atoms with Gasteiger partial charge in [-0.1, -0.05) is 18.2 Å². The highest BCUT2D eigenvalue weighted by Gasteiger charge is 2.28. The lowest BCUT2D eigenvalue weighted by Crippen LogP contribution is -1.95. The van der Waals surface area contributed by atoms with E-state index >= 15 is 0 Å². The highest BCUT2D eigenvalue weighted by molar-refractivity contribution is 8.55. The number of benzene rings is 2. The van der Waals surface area contributed by atoms with Crippen LogP contribution >= 0.6 is 18.2 Å². The van der Waals surface area contributed by atoms with E-state index in [1.807, 2.05) is 30.3 Å². The fraction of sp³-hybridized carbons (Fsp3) is 0.200. The van der Waals surface area contributed by atoms with E-state index in [0.717, 1.165) is 16.3 Å². The van der Waals surface area contributed by atoms with Gasteiger partial charge in [0.2, 0.25) is 0 Å². The summed E-state index contributed by atoms with van der Waals surface area (Å²) in [5, 5.41) is 0. The van der Waals surface area contributed by atoms with E-state index in [0.29, 0.717) is 18.1 Å². The van der Waals surface area contributed by atoms with E-state index in [2.05, 4.69) is 0 Å². The summed E-state index contributed by atoms with van der Waals surface area (Å²) in [4.78, 5) is 0.836. The minimum absolute atomic E-state index is 0.313. The van der Waals surface area contributed by atoms with Gasteiger partial charge in [-0.05, 0) is 43.3 Å². The van der Waals surface area contributed by atoms with E-state index in [1.165, 1.54) is 0 Å². The quantitative estimate of drug-likeness (QED) is 0.670. The summed E-state index contributed by atoms with van der Waals surface area (Å²) in [6.45, 7) is -1.21. The molecular formula is C15H17O4PS. The zero-order valence-corrected chi connectivity index (χ0v) is 13.6. The standard InChI is InChI=1S/C15H17O4PS/c1-3-18-20(16,21-15-7-5-4-6-8-15)19-14-11-9-13(17-2)10-12-14/h4-12H,3H2,1-2H3. The summed E-state index contributed by atoms with van der Waals surface area (Å²) in [6.07, 6.45) is 0. The molecule has 21 heavy (non-hydrogen) atoms. The van der Waals surface area contributed by atoms with Crippen molar-refractivity contribution < 1.29 is 18.3 Å². The van der Waals surface area contributed by atoms with Crippen LogP contribution < -0.4 is 9.26 Å². The van der Waals surface area contributed by atoms with Gasteiger partial charge in [-0.3, -0.25) is 4.52 Å². The molecule has 112 valence electrons. The molecule has 0 amide bonds. The third kappa shape index (κ3) is 4.81. The van der Waals surface area contributed by atoms with E-state index in [4.69, 9.17) is 13.8 Å². The summed E-state index contributed by atoms with van der Waals surface area (Å²) >= 11 is 1.10. The molecule has 0 bridgehead atoms. The maximum absolute atomic E-state index is 12.8. The van der Waals surface area contributed by atoms with Crippen LogP contribution in [0, 0.1) is 0 Å². The van der Waals surface area contributed by atoms with Gasteiger partial charge in [0.1, 0.15) is 11.5 Å². The average molecular weight is 324 g/mol. The average Bonchev–Trinajstić information content (AvgIpc) is 2.49. The second-order valence-corrected chi connectivity index (χ2v) is 7.91. The molecule has 2 aromatic carbocycles. The Kier molecular flexibility index (Phi) is 5.74. The molecule has 0 saturated carbocycles. The van der Waals surface area contributed by atoms with Crippen molar-refractivity contribution in [1.82, 2.24) is 0 Å². The van der Waals surface area contributed by atoms with Crippen LogP contribution in [0.1, 0.15) is 6.92 Å². The second-order valence-electron chi connectivity index (χ2n) is 4.04. The first-order valence-corrected chi connectivity index (χ1v) is 9.44. The van der Waals surface area contributed by atoms with E-state index in [-0.39, 0.29) is 0 Å². The second kappa shape index (κ2) is 7.55. The van der Waals surface area contributed by atoms with Gasteiger partial charge in [0.25, 0.3) is 0 Å². The van der Waals surface area contributed by atoms with Crippen LogP contribution in [-0.4, -0.2) is 13.7 Å². The number of rotatable bonds is 7. The summed E-state index contributed by atoms with van der Waals surface area (Å²) < 4.78 is 28.8. The molecule has 6 heteroatoms. The van der Waals surface area contributed by atoms with E-state index < -0.39 is 6.80 Å². The fourth-order valence-electron chi connectivity index (χ4n) is 1.61. The lowest BCUT2D eigenvalue weighted by molar-refractivity contribution is 0.296. The summed E-state index contributed by atoms with van der Waals surface area (Å²) in [5.74, 6) is 1.19. The maximum Gasteiger partial charge on any atom is 0.444 e. The molecule has 0 aliphatic heterocycles. The third-order valence-electron chi connectivity index (χ3n) is 2.52. The number of hydrogen-bond donors (Lipinski definition) is 0. The molecule has 0 heterocycles. The Morgan fingerprint density at radius 3 is 2.19 bits per heavy atom. The Morgan fingerprint density at radius 2 is 1.62 bits per heavy atom. The zero-order chi connectivity index (χ0) is 15.1. The Bertz CT molecular complexity index is 601. The molecule has 0 aliphatic carbocycles. The minimum Gasteiger partial charge on any atom is -0.497 e. The lowest BCUT2D eigenvalue weighted by atomic mass is 10.3. The molecule has 4 nitrogen and oxygen atoms in total. The summed E-state index contributed by atoms with van der Waals surface area (Å²) in [5.41, 5.74) is 0. The summed E-state index contributed by atoms with van der Waals surface area (Å²) in [7, 11) is 1.59. The monoisotopic (exact) mass is 324 g/mol. The lowest BCUT2D eigenvalue weighted by Gasteiger charge is -2.17. The molecule has 0 fully saturated rings. The SMILES string of the molecule is CCOP(=O)(Oc1ccc(OC)cc1)Sc1ccccc1. The van der Waals surface area contributed by atoms with Crippen molar-refractivity contribution in [3.63, 3.8) is 0 Å². The Labute approximate surface area is 128 Å². The highest BCUT2D eigenvalue weighted by atomic mass is 32.7. The number of ether oxygens (including phenoxy) is 1. The van der Waals surface area contributed by atoms with Gasteiger partial charge >= 0.3 is 6.80 Å². The topological polar surface area (TPSA) is 44.8 Å². The summed E-state index contributed by atoms with van der Waals surface area (Å²) in [6, 6.07) is 16.3. The predicted octanol–water partition coefficient (Wildman–Crippen LogP) is 5.01. The van der Waals surface area contributed by atoms with Crippen molar-refractivity contribution in [2.24, 2.45) is 0 Å². The zero-order valence-electron chi connectivity index (χ0n) is 11.9. The van der Waals surface area contributed by atoms with Crippen molar-refractivity contribution in [3.05, 3.63) is 54.6 Å². The molecule has 2 rings (SSSR count). The fourth-order valence-corrected chi connectivity index (χ4v) is 4.97. The van der Waals surface area contributed by atoms with Gasteiger partial charge in [-0.25, -0.2) is 4.57 Å². The Balaban J connectivity index is 2.15. The molecule has 0 aromatic heterocycles. The van der Waals surface area contributed by atoms with Gasteiger partial charge in [0.15, 0.2) is 0 Å². The van der Waals surface area contributed by atoms with Crippen molar-refractivity contribution in [2.45, 2.75) is 11.8 Å². The van der Waals surface area contributed by atoms with Crippen LogP contribution in [0.4, 0.5) is 0 Å². The van der Waals surface area contributed by atoms with Crippen molar-refractivity contribution >= 4 is 18.2 Å². The van der Waals surface area contributed by atoms with Crippen LogP contribution in [0.2, 0.25) is 0 Å². The van der Waals surface area contributed by atoms with Gasteiger partial charge in [0, 0.05) is 16.3 Å². The predicted molar refractivity (Wildman–Crippen MR) is 85.2 cm³/mol. The van der Waals surface area contributed by atoms with E-state index in [9.17, 15) is 4.57 Å². The van der Waals surface area contributed by atoms with Crippen LogP contribution in [0.3, 0.4) is 0 Å². The number of methoxy groups -OCH3 is 1. The van der Waals surface area contributed by atoms with Gasteiger partial charge in [-0.2, -0.15) is 0 Å². The Morgan fingerprint density at radius 1 is 1.00 bits per heavy atom. The largest absolute Gasteiger partial charge is 0.497 e. The molecule has 0 spiro atoms. The van der Waals surface area contributed by atoms with Crippen molar-refractivity contribution in [2.75, 3.05) is 13.7 Å².